The van der Waals surface area contributed by atoms with Crippen molar-refractivity contribution in [1.82, 2.24) is 5.32 Å². The fourth-order valence-electron chi connectivity index (χ4n) is 6.70. The number of ether oxygens (including phenoxy) is 4. The number of methoxy groups -OCH3 is 1. The number of alkyl carbamates (subject to hydrolysis) is 1. The first-order chi connectivity index (χ1) is 18.6. The van der Waals surface area contributed by atoms with Crippen molar-refractivity contribution in [3.8, 4) is 0 Å². The van der Waals surface area contributed by atoms with Crippen LogP contribution >= 0.6 is 0 Å². The van der Waals surface area contributed by atoms with Gasteiger partial charge in [0, 0.05) is 19.6 Å². The van der Waals surface area contributed by atoms with Crippen LogP contribution in [0.1, 0.15) is 43.2 Å². The molecule has 3 aliphatic carbocycles. The molecule has 3 aliphatic rings. The number of hydrogen-bond acceptors (Lipinski definition) is 6. The van der Waals surface area contributed by atoms with Crippen molar-refractivity contribution in [2.24, 2.45) is 17.8 Å². The van der Waals surface area contributed by atoms with E-state index < -0.39 is 17.8 Å². The highest BCUT2D eigenvalue weighted by atomic mass is 16.7. The van der Waals surface area contributed by atoms with Gasteiger partial charge in [0.1, 0.15) is 19.0 Å². The molecule has 7 nitrogen and oxygen atoms in total. The van der Waals surface area contributed by atoms with E-state index in [1.54, 1.807) is 7.11 Å². The van der Waals surface area contributed by atoms with Crippen molar-refractivity contribution in [3.63, 3.8) is 0 Å². The van der Waals surface area contributed by atoms with E-state index in [0.717, 1.165) is 36.8 Å². The zero-order valence-electron chi connectivity index (χ0n) is 22.1. The number of hydrogen-bond donors (Lipinski definition) is 2. The predicted octanol–water partition coefficient (Wildman–Crippen LogP) is 4.99. The largest absolute Gasteiger partial charge is 0.445 e. The molecular weight excluding hydrogens is 482 g/mol. The SMILES string of the molecule is COCO[C@]12C[C@@H](COCc3ccccc3)[C@H]3CCC(=C31)CC[C@H](CNC(=O)OCc1ccccc1)[C@@H]2O. The summed E-state index contributed by atoms with van der Waals surface area (Å²) >= 11 is 0. The summed E-state index contributed by atoms with van der Waals surface area (Å²) in [5, 5.41) is 14.7. The Morgan fingerprint density at radius 1 is 0.974 bits per heavy atom. The molecule has 0 saturated heterocycles. The van der Waals surface area contributed by atoms with Crippen LogP contribution in [-0.4, -0.2) is 50.0 Å². The monoisotopic (exact) mass is 521 g/mol. The van der Waals surface area contributed by atoms with Crippen molar-refractivity contribution >= 4 is 6.09 Å². The third-order valence-electron chi connectivity index (χ3n) is 8.44. The molecule has 7 heteroatoms. The van der Waals surface area contributed by atoms with E-state index in [2.05, 4.69) is 17.4 Å². The second-order valence-electron chi connectivity index (χ2n) is 10.8. The molecule has 0 radical (unpaired) electrons. The quantitative estimate of drug-likeness (QED) is 0.320. The highest BCUT2D eigenvalue weighted by Crippen LogP contribution is 2.58. The van der Waals surface area contributed by atoms with Gasteiger partial charge < -0.3 is 29.4 Å². The van der Waals surface area contributed by atoms with Gasteiger partial charge in [-0.25, -0.2) is 4.79 Å². The zero-order valence-corrected chi connectivity index (χ0v) is 22.1. The number of allylic oxidation sites excluding steroid dienone is 1. The maximum absolute atomic E-state index is 12.5. The lowest BCUT2D eigenvalue weighted by Crippen LogP contribution is -2.51. The van der Waals surface area contributed by atoms with Gasteiger partial charge in [0.05, 0.1) is 19.3 Å². The Bertz CT molecular complexity index is 1090. The molecule has 0 unspecified atom stereocenters. The summed E-state index contributed by atoms with van der Waals surface area (Å²) in [6, 6.07) is 19.8. The number of nitrogens with one attached hydrogen (secondary N) is 1. The van der Waals surface area contributed by atoms with Gasteiger partial charge in [-0.3, -0.25) is 0 Å². The summed E-state index contributed by atoms with van der Waals surface area (Å²) in [6.45, 7) is 1.84. The molecule has 1 fully saturated rings. The van der Waals surface area contributed by atoms with E-state index in [1.165, 1.54) is 11.1 Å². The van der Waals surface area contributed by atoms with E-state index in [-0.39, 0.29) is 25.2 Å². The summed E-state index contributed by atoms with van der Waals surface area (Å²) in [5.41, 5.74) is 3.95. The summed E-state index contributed by atoms with van der Waals surface area (Å²) < 4.78 is 23.3. The molecule has 0 aliphatic heterocycles. The van der Waals surface area contributed by atoms with Gasteiger partial charge in [-0.1, -0.05) is 66.2 Å². The average Bonchev–Trinajstić information content (AvgIpc) is 3.48. The standard InChI is InChI=1S/C31H39NO6/c1-35-21-38-31-16-26(20-36-18-22-8-4-2-5-9-22)27-15-14-24(28(27)31)12-13-25(29(31)33)17-32-30(34)37-19-23-10-6-3-7-11-23/h2-11,25-27,29,33H,12-21H2,1H3,(H,32,34)/t25-,26+,27-,29+,31-/m1/s1. The first kappa shape index (κ1) is 26.9. The Morgan fingerprint density at radius 3 is 2.37 bits per heavy atom. The highest BCUT2D eigenvalue weighted by molar-refractivity contribution is 5.67. The average molecular weight is 522 g/mol. The fraction of sp³-hybridized carbons (Fsp3) is 0.516. The maximum Gasteiger partial charge on any atom is 0.407 e. The Hall–Kier alpha value is -2.71. The van der Waals surface area contributed by atoms with Crippen LogP contribution in [0.2, 0.25) is 0 Å². The molecule has 204 valence electrons. The lowest BCUT2D eigenvalue weighted by atomic mass is 9.82. The van der Waals surface area contributed by atoms with Crippen LogP contribution in [0.3, 0.4) is 0 Å². The fourth-order valence-corrected chi connectivity index (χ4v) is 6.70. The molecule has 1 amide bonds. The summed E-state index contributed by atoms with van der Waals surface area (Å²) in [4.78, 5) is 12.5. The van der Waals surface area contributed by atoms with Crippen LogP contribution in [0.4, 0.5) is 4.79 Å². The number of carbonyl (C=O) groups excluding carboxylic acids is 1. The molecule has 1 saturated carbocycles. The summed E-state index contributed by atoms with van der Waals surface area (Å²) in [5.74, 6) is 0.446. The highest BCUT2D eigenvalue weighted by Gasteiger charge is 2.59. The number of aliphatic hydroxyl groups excluding tert-OH is 1. The van der Waals surface area contributed by atoms with E-state index in [0.29, 0.717) is 32.1 Å². The van der Waals surface area contributed by atoms with Crippen molar-refractivity contribution < 1.29 is 28.8 Å². The Balaban J connectivity index is 1.25. The number of benzene rings is 2. The van der Waals surface area contributed by atoms with Crippen LogP contribution in [0.5, 0.6) is 0 Å². The Kier molecular flexibility index (Phi) is 8.79. The lowest BCUT2D eigenvalue weighted by Gasteiger charge is -2.39. The molecule has 38 heavy (non-hydrogen) atoms. The summed E-state index contributed by atoms with van der Waals surface area (Å²) in [6.07, 6.45) is 3.24. The summed E-state index contributed by atoms with van der Waals surface area (Å²) in [7, 11) is 1.61. The van der Waals surface area contributed by atoms with Gasteiger partial charge in [-0.05, 0) is 60.6 Å². The third-order valence-corrected chi connectivity index (χ3v) is 8.44. The maximum atomic E-state index is 12.5. The van der Waals surface area contributed by atoms with Gasteiger partial charge in [0.15, 0.2) is 0 Å². The van der Waals surface area contributed by atoms with Crippen molar-refractivity contribution in [1.29, 1.82) is 0 Å². The van der Waals surface area contributed by atoms with E-state index in [4.69, 9.17) is 18.9 Å². The molecule has 5 rings (SSSR count). The van der Waals surface area contributed by atoms with Gasteiger partial charge in [-0.2, -0.15) is 0 Å². The topological polar surface area (TPSA) is 86.2 Å². The van der Waals surface area contributed by atoms with Crippen LogP contribution in [0.25, 0.3) is 0 Å². The van der Waals surface area contributed by atoms with Crippen molar-refractivity contribution in [3.05, 3.63) is 82.9 Å². The lowest BCUT2D eigenvalue weighted by molar-refractivity contribution is -0.170. The van der Waals surface area contributed by atoms with Gasteiger partial charge in [0.2, 0.25) is 0 Å². The second-order valence-corrected chi connectivity index (χ2v) is 10.8. The minimum absolute atomic E-state index is 0.109. The van der Waals surface area contributed by atoms with E-state index in [1.807, 2.05) is 48.5 Å². The van der Waals surface area contributed by atoms with Crippen LogP contribution < -0.4 is 5.32 Å². The normalized spacial score (nSPS) is 28.2. The number of aliphatic hydroxyl groups is 1. The molecule has 0 heterocycles. The van der Waals surface area contributed by atoms with Crippen molar-refractivity contribution in [2.45, 2.75) is 57.0 Å². The number of carbonyl (C=O) groups is 1. The first-order valence-electron chi connectivity index (χ1n) is 13.7. The van der Waals surface area contributed by atoms with Crippen molar-refractivity contribution in [2.75, 3.05) is 27.1 Å². The molecule has 0 spiro atoms. The van der Waals surface area contributed by atoms with Gasteiger partial charge in [0.25, 0.3) is 0 Å². The molecule has 5 atom stereocenters. The molecule has 2 aromatic carbocycles. The van der Waals surface area contributed by atoms with E-state index in [9.17, 15) is 9.90 Å². The predicted molar refractivity (Wildman–Crippen MR) is 143 cm³/mol. The molecule has 2 aromatic rings. The molecule has 0 aromatic heterocycles. The smallest absolute Gasteiger partial charge is 0.407 e. The Labute approximate surface area is 225 Å². The van der Waals surface area contributed by atoms with Crippen LogP contribution in [-0.2, 0) is 32.2 Å². The van der Waals surface area contributed by atoms with Crippen LogP contribution in [0.15, 0.2) is 71.8 Å². The Morgan fingerprint density at radius 2 is 1.66 bits per heavy atom. The molecule has 2 N–H and O–H groups in total. The van der Waals surface area contributed by atoms with Crippen LogP contribution in [0, 0.1) is 17.8 Å². The van der Waals surface area contributed by atoms with E-state index >= 15 is 0 Å². The number of rotatable bonds is 11. The minimum Gasteiger partial charge on any atom is -0.445 e. The number of amides is 1. The zero-order chi connectivity index (χ0) is 26.4. The van der Waals surface area contributed by atoms with Gasteiger partial charge >= 0.3 is 6.09 Å². The third kappa shape index (κ3) is 5.81. The molecule has 0 bridgehead atoms. The molecular formula is C31H39NO6. The minimum atomic E-state index is -0.815. The first-order valence-corrected chi connectivity index (χ1v) is 13.7. The van der Waals surface area contributed by atoms with Gasteiger partial charge in [-0.15, -0.1) is 0 Å². The second kappa shape index (κ2) is 12.4.